The van der Waals surface area contributed by atoms with Gasteiger partial charge in [-0.05, 0) is 59.6 Å². The first-order valence-corrected chi connectivity index (χ1v) is 8.92. The molecule has 0 bridgehead atoms. The number of carbonyl (C=O) groups excluding carboxylic acids is 2. The molecular weight excluding hydrogens is 424 g/mol. The van der Waals surface area contributed by atoms with E-state index in [1.54, 1.807) is 12.1 Å². The Morgan fingerprint density at radius 2 is 1.72 bits per heavy atom. The molecule has 2 N–H and O–H groups in total. The van der Waals surface area contributed by atoms with Gasteiger partial charge in [0.2, 0.25) is 0 Å². The molecule has 3 rings (SSSR count). The second kappa shape index (κ2) is 7.47. The lowest BCUT2D eigenvalue weighted by Crippen LogP contribution is -2.51. The maximum atomic E-state index is 12.1. The molecule has 0 atom stereocenters. The summed E-state index contributed by atoms with van der Waals surface area (Å²) in [5, 5.41) is 5.38. The third-order valence-electron chi connectivity index (χ3n) is 3.69. The van der Waals surface area contributed by atoms with Gasteiger partial charge in [0.1, 0.15) is 5.57 Å². The van der Waals surface area contributed by atoms with Crippen LogP contribution in [0.4, 0.5) is 0 Å². The first-order valence-electron chi connectivity index (χ1n) is 7.34. The van der Waals surface area contributed by atoms with Gasteiger partial charge in [0.25, 0.3) is 11.8 Å². The second-order valence-corrected chi connectivity index (χ2v) is 7.11. The van der Waals surface area contributed by atoms with Crippen LogP contribution in [-0.2, 0) is 16.0 Å². The number of thiocarbonyl (C=S) groups is 1. The minimum Gasteiger partial charge on any atom is -0.299 e. The number of amides is 2. The highest BCUT2D eigenvalue weighted by molar-refractivity contribution is 9.10. The molecule has 0 spiro atoms. The molecule has 0 aliphatic carbocycles. The van der Waals surface area contributed by atoms with Gasteiger partial charge in [-0.3, -0.25) is 20.2 Å². The molecule has 7 heteroatoms. The van der Waals surface area contributed by atoms with Crippen molar-refractivity contribution in [3.8, 4) is 0 Å². The van der Waals surface area contributed by atoms with E-state index >= 15 is 0 Å². The molecule has 4 nitrogen and oxygen atoms in total. The van der Waals surface area contributed by atoms with E-state index in [1.165, 1.54) is 6.08 Å². The van der Waals surface area contributed by atoms with E-state index < -0.39 is 11.8 Å². The van der Waals surface area contributed by atoms with Crippen LogP contribution < -0.4 is 10.6 Å². The lowest BCUT2D eigenvalue weighted by molar-refractivity contribution is -0.123. The monoisotopic (exact) mass is 434 g/mol. The molecule has 0 unspecified atom stereocenters. The maximum absolute atomic E-state index is 12.1. The Morgan fingerprint density at radius 3 is 2.40 bits per heavy atom. The summed E-state index contributed by atoms with van der Waals surface area (Å²) in [6.07, 6.45) is 2.16. The van der Waals surface area contributed by atoms with Crippen LogP contribution in [0.25, 0.3) is 6.08 Å². The van der Waals surface area contributed by atoms with Gasteiger partial charge >= 0.3 is 0 Å². The molecule has 126 valence electrons. The molecule has 1 aliphatic rings. The normalized spacial score (nSPS) is 14.2. The molecule has 0 aromatic heterocycles. The van der Waals surface area contributed by atoms with E-state index in [0.29, 0.717) is 17.0 Å². The van der Waals surface area contributed by atoms with Crippen LogP contribution >= 0.6 is 39.7 Å². The van der Waals surface area contributed by atoms with Crippen molar-refractivity contribution >= 4 is 62.8 Å². The molecule has 1 heterocycles. The average Bonchev–Trinajstić information content (AvgIpc) is 2.55. The van der Waals surface area contributed by atoms with Gasteiger partial charge in [0, 0.05) is 9.50 Å². The Labute approximate surface area is 163 Å². The van der Waals surface area contributed by atoms with Crippen LogP contribution in [0.3, 0.4) is 0 Å². The number of hydrogen-bond acceptors (Lipinski definition) is 3. The van der Waals surface area contributed by atoms with Crippen LogP contribution in [0.15, 0.2) is 52.5 Å². The third kappa shape index (κ3) is 4.15. The van der Waals surface area contributed by atoms with Crippen LogP contribution in [0.2, 0.25) is 5.02 Å². The average molecular weight is 436 g/mol. The van der Waals surface area contributed by atoms with Gasteiger partial charge in [-0.25, -0.2) is 0 Å². The topological polar surface area (TPSA) is 58.2 Å². The van der Waals surface area contributed by atoms with Gasteiger partial charge in [0.05, 0.1) is 0 Å². The molecule has 0 saturated carbocycles. The number of nitrogens with one attached hydrogen (secondary N) is 2. The number of benzene rings is 2. The quantitative estimate of drug-likeness (QED) is 0.440. The van der Waals surface area contributed by atoms with Crippen molar-refractivity contribution < 1.29 is 9.59 Å². The minimum atomic E-state index is -0.527. The minimum absolute atomic E-state index is 0.00619. The molecule has 2 aromatic carbocycles. The molecule has 1 aliphatic heterocycles. The SMILES string of the molecule is O=C1NC(=S)NC(=O)C1=Cc1cc(Cl)ccc1Cc1ccccc1Br. The third-order valence-corrected chi connectivity index (χ3v) is 4.90. The van der Waals surface area contributed by atoms with Gasteiger partial charge in [0.15, 0.2) is 5.11 Å². The zero-order chi connectivity index (χ0) is 18.0. The summed E-state index contributed by atoms with van der Waals surface area (Å²) >= 11 is 14.4. The van der Waals surface area contributed by atoms with Gasteiger partial charge < -0.3 is 0 Å². The Kier molecular flexibility index (Phi) is 5.32. The van der Waals surface area contributed by atoms with Gasteiger partial charge in [-0.1, -0.05) is 51.8 Å². The highest BCUT2D eigenvalue weighted by Crippen LogP contribution is 2.25. The van der Waals surface area contributed by atoms with Crippen LogP contribution in [-0.4, -0.2) is 16.9 Å². The molecule has 1 saturated heterocycles. The zero-order valence-electron chi connectivity index (χ0n) is 12.8. The second-order valence-electron chi connectivity index (χ2n) is 5.41. The van der Waals surface area contributed by atoms with E-state index in [4.69, 9.17) is 23.8 Å². The number of carbonyl (C=O) groups is 2. The molecule has 0 radical (unpaired) electrons. The van der Waals surface area contributed by atoms with Crippen LogP contribution in [0.5, 0.6) is 0 Å². The fourth-order valence-corrected chi connectivity index (χ4v) is 3.26. The zero-order valence-corrected chi connectivity index (χ0v) is 16.0. The van der Waals surface area contributed by atoms with Crippen molar-refractivity contribution in [2.45, 2.75) is 6.42 Å². The molecule has 2 amide bonds. The summed E-state index contributed by atoms with van der Waals surface area (Å²) in [5.41, 5.74) is 2.72. The van der Waals surface area contributed by atoms with Crippen molar-refractivity contribution in [2.75, 3.05) is 0 Å². The van der Waals surface area contributed by atoms with Crippen molar-refractivity contribution in [2.24, 2.45) is 0 Å². The Balaban J connectivity index is 2.01. The van der Waals surface area contributed by atoms with E-state index in [0.717, 1.165) is 15.6 Å². The van der Waals surface area contributed by atoms with Gasteiger partial charge in [-0.2, -0.15) is 0 Å². The van der Waals surface area contributed by atoms with E-state index in [9.17, 15) is 9.59 Å². The van der Waals surface area contributed by atoms with Crippen molar-refractivity contribution in [1.82, 2.24) is 10.6 Å². The Bertz CT molecular complexity index is 905. The fourth-order valence-electron chi connectivity index (χ4n) is 2.47. The fraction of sp³-hybridized carbons (Fsp3) is 0.0556. The van der Waals surface area contributed by atoms with E-state index in [2.05, 4.69) is 26.6 Å². The van der Waals surface area contributed by atoms with Crippen LogP contribution in [0.1, 0.15) is 16.7 Å². The summed E-state index contributed by atoms with van der Waals surface area (Å²) < 4.78 is 0.988. The first-order chi connectivity index (χ1) is 11.9. The lowest BCUT2D eigenvalue weighted by atomic mass is 9.97. The van der Waals surface area contributed by atoms with Crippen LogP contribution in [0, 0.1) is 0 Å². The van der Waals surface area contributed by atoms with Crippen molar-refractivity contribution in [1.29, 1.82) is 0 Å². The molecule has 1 fully saturated rings. The predicted molar refractivity (Wildman–Crippen MR) is 105 cm³/mol. The van der Waals surface area contributed by atoms with E-state index in [1.807, 2.05) is 30.3 Å². The van der Waals surface area contributed by atoms with Gasteiger partial charge in [-0.15, -0.1) is 0 Å². The summed E-state index contributed by atoms with van der Waals surface area (Å²) in [7, 11) is 0. The maximum Gasteiger partial charge on any atom is 0.263 e. The largest absolute Gasteiger partial charge is 0.299 e. The highest BCUT2D eigenvalue weighted by Gasteiger charge is 2.26. The summed E-state index contributed by atoms with van der Waals surface area (Å²) in [5.74, 6) is -1.05. The summed E-state index contributed by atoms with van der Waals surface area (Å²) in [6.45, 7) is 0. The first kappa shape index (κ1) is 17.8. The number of halogens is 2. The van der Waals surface area contributed by atoms with Crippen molar-refractivity contribution in [3.05, 3.63) is 74.2 Å². The molecular formula is C18H12BrClN2O2S. The predicted octanol–water partition coefficient (Wildman–Crippen LogP) is 3.61. The standard InChI is InChI=1S/C18H12BrClN2O2S/c19-15-4-2-1-3-11(15)7-10-5-6-13(20)8-12(10)9-14-16(23)21-18(25)22-17(14)24/h1-6,8-9H,7H2,(H2,21,22,23,24,25). The lowest BCUT2D eigenvalue weighted by Gasteiger charge is -2.17. The Morgan fingerprint density at radius 1 is 1.04 bits per heavy atom. The highest BCUT2D eigenvalue weighted by atomic mass is 79.9. The van der Waals surface area contributed by atoms with Crippen molar-refractivity contribution in [3.63, 3.8) is 0 Å². The number of hydrogen-bond donors (Lipinski definition) is 2. The Hall–Kier alpha value is -2.02. The number of rotatable bonds is 3. The smallest absolute Gasteiger partial charge is 0.263 e. The summed E-state index contributed by atoms with van der Waals surface area (Å²) in [6, 6.07) is 13.3. The summed E-state index contributed by atoms with van der Waals surface area (Å²) in [4.78, 5) is 24.1. The van der Waals surface area contributed by atoms with E-state index in [-0.39, 0.29) is 10.7 Å². The molecule has 25 heavy (non-hydrogen) atoms. The molecule has 2 aromatic rings.